The van der Waals surface area contributed by atoms with Crippen molar-refractivity contribution in [2.45, 2.75) is 20.4 Å². The maximum Gasteiger partial charge on any atom is 0.125 e. The molecule has 0 unspecified atom stereocenters. The molecule has 15 heavy (non-hydrogen) atoms. The van der Waals surface area contributed by atoms with Gasteiger partial charge in [0.25, 0.3) is 0 Å². The quantitative estimate of drug-likeness (QED) is 0.855. The topological polar surface area (TPSA) is 25.2 Å². The summed E-state index contributed by atoms with van der Waals surface area (Å²) >= 11 is 1.77. The molecule has 0 radical (unpaired) electrons. The summed E-state index contributed by atoms with van der Waals surface area (Å²) in [4.78, 5) is 1.34. The summed E-state index contributed by atoms with van der Waals surface area (Å²) in [5.41, 5.74) is 2.51. The fourth-order valence-electron chi connectivity index (χ4n) is 1.62. The Bertz CT molecular complexity index is 430. The second-order valence-corrected chi connectivity index (χ2v) is 4.55. The van der Waals surface area contributed by atoms with Gasteiger partial charge in [-0.3, -0.25) is 0 Å². The van der Waals surface area contributed by atoms with Crippen molar-refractivity contribution in [2.24, 2.45) is 0 Å². The van der Waals surface area contributed by atoms with Gasteiger partial charge in [-0.2, -0.15) is 0 Å². The standard InChI is InChI=1S/C12H15NOS/c1-3-13-8-12-11(4-6-14-12)10-5-7-15-9(10)2/h4-7,13H,3,8H2,1-2H3. The maximum absolute atomic E-state index is 5.49. The van der Waals surface area contributed by atoms with Crippen LogP contribution in [0.1, 0.15) is 17.6 Å². The predicted octanol–water partition coefficient (Wildman–Crippen LogP) is 3.43. The average Bonchev–Trinajstić information content (AvgIpc) is 2.82. The number of thiophene rings is 1. The molecule has 2 aromatic rings. The van der Waals surface area contributed by atoms with Crippen LogP contribution in [0.4, 0.5) is 0 Å². The monoisotopic (exact) mass is 221 g/mol. The molecule has 0 atom stereocenters. The van der Waals surface area contributed by atoms with Crippen LogP contribution in [0.2, 0.25) is 0 Å². The number of furan rings is 1. The smallest absolute Gasteiger partial charge is 0.125 e. The van der Waals surface area contributed by atoms with E-state index in [4.69, 9.17) is 4.42 Å². The summed E-state index contributed by atoms with van der Waals surface area (Å²) < 4.78 is 5.49. The first kappa shape index (κ1) is 10.5. The van der Waals surface area contributed by atoms with Gasteiger partial charge in [0.15, 0.2) is 0 Å². The van der Waals surface area contributed by atoms with Crippen LogP contribution in [0.25, 0.3) is 11.1 Å². The lowest BCUT2D eigenvalue weighted by molar-refractivity contribution is 0.489. The van der Waals surface area contributed by atoms with Crippen LogP contribution < -0.4 is 5.32 Å². The van der Waals surface area contributed by atoms with E-state index in [0.717, 1.165) is 18.8 Å². The van der Waals surface area contributed by atoms with Gasteiger partial charge < -0.3 is 9.73 Å². The second-order valence-electron chi connectivity index (χ2n) is 3.43. The molecular weight excluding hydrogens is 206 g/mol. The molecule has 0 fully saturated rings. The molecule has 0 saturated carbocycles. The highest BCUT2D eigenvalue weighted by atomic mass is 32.1. The summed E-state index contributed by atoms with van der Waals surface area (Å²) in [6, 6.07) is 4.20. The lowest BCUT2D eigenvalue weighted by Gasteiger charge is -2.02. The summed E-state index contributed by atoms with van der Waals surface area (Å²) in [6.45, 7) is 6.00. The average molecular weight is 221 g/mol. The van der Waals surface area contributed by atoms with Crippen molar-refractivity contribution in [2.75, 3.05) is 6.54 Å². The minimum absolute atomic E-state index is 0.800. The lowest BCUT2D eigenvalue weighted by Crippen LogP contribution is -2.11. The molecule has 0 bridgehead atoms. The summed E-state index contributed by atoms with van der Waals surface area (Å²) in [7, 11) is 0. The van der Waals surface area contributed by atoms with E-state index in [1.165, 1.54) is 16.0 Å². The van der Waals surface area contributed by atoms with Crippen molar-refractivity contribution < 1.29 is 4.42 Å². The molecule has 1 N–H and O–H groups in total. The second kappa shape index (κ2) is 4.64. The van der Waals surface area contributed by atoms with Crippen LogP contribution in [-0.4, -0.2) is 6.54 Å². The number of aryl methyl sites for hydroxylation is 1. The van der Waals surface area contributed by atoms with Crippen molar-refractivity contribution >= 4 is 11.3 Å². The first-order chi connectivity index (χ1) is 7.33. The zero-order valence-corrected chi connectivity index (χ0v) is 9.86. The number of rotatable bonds is 4. The summed E-state index contributed by atoms with van der Waals surface area (Å²) in [5.74, 6) is 1.03. The fourth-order valence-corrected chi connectivity index (χ4v) is 2.33. The molecule has 2 heterocycles. The first-order valence-electron chi connectivity index (χ1n) is 5.14. The summed E-state index contributed by atoms with van der Waals surface area (Å²) in [6.07, 6.45) is 1.76. The summed E-state index contributed by atoms with van der Waals surface area (Å²) in [5, 5.41) is 5.40. The van der Waals surface area contributed by atoms with Crippen molar-refractivity contribution in [3.63, 3.8) is 0 Å². The zero-order valence-electron chi connectivity index (χ0n) is 9.04. The number of nitrogens with one attached hydrogen (secondary N) is 1. The van der Waals surface area contributed by atoms with E-state index in [9.17, 15) is 0 Å². The highest BCUT2D eigenvalue weighted by Crippen LogP contribution is 2.30. The van der Waals surface area contributed by atoms with E-state index in [1.54, 1.807) is 17.6 Å². The minimum Gasteiger partial charge on any atom is -0.467 e. The van der Waals surface area contributed by atoms with Crippen LogP contribution in [0.3, 0.4) is 0 Å². The molecule has 0 aromatic carbocycles. The third-order valence-corrected chi connectivity index (χ3v) is 3.28. The molecule has 80 valence electrons. The molecule has 0 saturated heterocycles. The Labute approximate surface area is 93.9 Å². The van der Waals surface area contributed by atoms with Crippen LogP contribution >= 0.6 is 11.3 Å². The van der Waals surface area contributed by atoms with Gasteiger partial charge in [-0.1, -0.05) is 6.92 Å². The number of hydrogen-bond acceptors (Lipinski definition) is 3. The lowest BCUT2D eigenvalue weighted by atomic mass is 10.1. The Kier molecular flexibility index (Phi) is 3.23. The molecule has 2 aromatic heterocycles. The van der Waals surface area contributed by atoms with E-state index in [0.29, 0.717) is 0 Å². The number of hydrogen-bond donors (Lipinski definition) is 1. The van der Waals surface area contributed by atoms with Gasteiger partial charge in [-0.15, -0.1) is 11.3 Å². The Morgan fingerprint density at radius 3 is 2.87 bits per heavy atom. The van der Waals surface area contributed by atoms with E-state index < -0.39 is 0 Å². The Morgan fingerprint density at radius 1 is 1.33 bits per heavy atom. The highest BCUT2D eigenvalue weighted by Gasteiger charge is 2.10. The van der Waals surface area contributed by atoms with Gasteiger partial charge in [-0.25, -0.2) is 0 Å². The van der Waals surface area contributed by atoms with Crippen LogP contribution in [0.5, 0.6) is 0 Å². The minimum atomic E-state index is 0.800. The first-order valence-corrected chi connectivity index (χ1v) is 6.02. The molecule has 0 aliphatic heterocycles. The van der Waals surface area contributed by atoms with Crippen molar-refractivity contribution in [1.82, 2.24) is 5.32 Å². The van der Waals surface area contributed by atoms with E-state index in [1.807, 2.05) is 6.07 Å². The van der Waals surface area contributed by atoms with Gasteiger partial charge in [0, 0.05) is 10.4 Å². The van der Waals surface area contributed by atoms with Crippen molar-refractivity contribution in [3.05, 3.63) is 34.4 Å². The molecule has 0 aliphatic carbocycles. The third-order valence-electron chi connectivity index (χ3n) is 2.43. The van der Waals surface area contributed by atoms with Crippen LogP contribution in [-0.2, 0) is 6.54 Å². The molecule has 0 spiro atoms. The fraction of sp³-hybridized carbons (Fsp3) is 0.333. The highest BCUT2D eigenvalue weighted by molar-refractivity contribution is 7.10. The Balaban J connectivity index is 2.29. The molecule has 0 amide bonds. The molecular formula is C12H15NOS. The van der Waals surface area contributed by atoms with Gasteiger partial charge >= 0.3 is 0 Å². The van der Waals surface area contributed by atoms with Gasteiger partial charge in [-0.05, 0) is 36.5 Å². The van der Waals surface area contributed by atoms with Crippen molar-refractivity contribution in [1.29, 1.82) is 0 Å². The molecule has 2 nitrogen and oxygen atoms in total. The van der Waals surface area contributed by atoms with E-state index in [-0.39, 0.29) is 0 Å². The Morgan fingerprint density at radius 2 is 2.20 bits per heavy atom. The van der Waals surface area contributed by atoms with Crippen LogP contribution in [0.15, 0.2) is 28.2 Å². The van der Waals surface area contributed by atoms with Crippen molar-refractivity contribution in [3.8, 4) is 11.1 Å². The maximum atomic E-state index is 5.49. The molecule has 0 aliphatic rings. The van der Waals surface area contributed by atoms with E-state index >= 15 is 0 Å². The molecule has 2 rings (SSSR count). The van der Waals surface area contributed by atoms with E-state index in [2.05, 4.69) is 30.6 Å². The largest absolute Gasteiger partial charge is 0.467 e. The Hall–Kier alpha value is -1.06. The third kappa shape index (κ3) is 2.13. The SMILES string of the molecule is CCNCc1occc1-c1ccsc1C. The predicted molar refractivity (Wildman–Crippen MR) is 64.1 cm³/mol. The van der Waals surface area contributed by atoms with Gasteiger partial charge in [0.1, 0.15) is 5.76 Å². The zero-order chi connectivity index (χ0) is 10.7. The normalized spacial score (nSPS) is 10.8. The van der Waals surface area contributed by atoms with Gasteiger partial charge in [0.2, 0.25) is 0 Å². The van der Waals surface area contributed by atoms with Crippen LogP contribution in [0, 0.1) is 6.92 Å². The molecule has 3 heteroatoms. The van der Waals surface area contributed by atoms with Gasteiger partial charge in [0.05, 0.1) is 12.8 Å².